The molecule has 2 N–H and O–H groups in total. The second-order valence-corrected chi connectivity index (χ2v) is 5.95. The largest absolute Gasteiger partial charge is 0.481 e. The lowest BCUT2D eigenvalue weighted by Crippen LogP contribution is -2.47. The molecule has 0 aliphatic heterocycles. The summed E-state index contributed by atoms with van der Waals surface area (Å²) in [6.45, 7) is 3.50. The van der Waals surface area contributed by atoms with Crippen molar-refractivity contribution in [3.63, 3.8) is 0 Å². The van der Waals surface area contributed by atoms with E-state index in [1.54, 1.807) is 37.3 Å². The first kappa shape index (κ1) is 17.0. The predicted octanol–water partition coefficient (Wildman–Crippen LogP) is 2.99. The topological polar surface area (TPSA) is 67.4 Å². The van der Waals surface area contributed by atoms with Gasteiger partial charge in [-0.05, 0) is 44.2 Å². The van der Waals surface area contributed by atoms with Crippen molar-refractivity contribution in [3.8, 4) is 5.75 Å². The number of carbonyl (C=O) groups excluding carboxylic acids is 2. The van der Waals surface area contributed by atoms with Crippen LogP contribution in [0.25, 0.3) is 0 Å². The minimum absolute atomic E-state index is 0.378. The fourth-order valence-electron chi connectivity index (χ4n) is 1.88. The zero-order valence-electron chi connectivity index (χ0n) is 12.8. The summed E-state index contributed by atoms with van der Waals surface area (Å²) in [6.07, 6.45) is -0.748. The number of amides is 2. The fourth-order valence-corrected chi connectivity index (χ4v) is 2.25. The fraction of sp³-hybridized carbons (Fsp3) is 0.176. The Morgan fingerprint density at radius 1 is 1.09 bits per heavy atom. The predicted molar refractivity (Wildman–Crippen MR) is 91.0 cm³/mol. The molecule has 0 radical (unpaired) electrons. The molecule has 23 heavy (non-hydrogen) atoms. The second kappa shape index (κ2) is 7.78. The highest BCUT2D eigenvalue weighted by atomic mass is 79.9. The van der Waals surface area contributed by atoms with E-state index in [0.717, 1.165) is 10.0 Å². The first-order valence-electron chi connectivity index (χ1n) is 7.05. The van der Waals surface area contributed by atoms with Gasteiger partial charge in [0.05, 0.1) is 0 Å². The summed E-state index contributed by atoms with van der Waals surface area (Å²) in [5.74, 6) is -0.255. The van der Waals surface area contributed by atoms with Gasteiger partial charge in [0.15, 0.2) is 6.10 Å². The quantitative estimate of drug-likeness (QED) is 0.806. The summed E-state index contributed by atoms with van der Waals surface area (Å²) in [5, 5.41) is 0. The number of halogens is 1. The Labute approximate surface area is 143 Å². The van der Waals surface area contributed by atoms with Gasteiger partial charge in [-0.1, -0.05) is 39.7 Å². The lowest BCUT2D eigenvalue weighted by atomic mass is 10.1. The molecule has 0 heterocycles. The van der Waals surface area contributed by atoms with Crippen LogP contribution in [0.4, 0.5) is 0 Å². The maximum atomic E-state index is 12.0. The molecule has 1 atom stereocenters. The molecule has 120 valence electrons. The van der Waals surface area contributed by atoms with E-state index in [4.69, 9.17) is 4.74 Å². The van der Waals surface area contributed by atoms with Crippen LogP contribution in [0.1, 0.15) is 22.8 Å². The lowest BCUT2D eigenvalue weighted by Gasteiger charge is -2.15. The van der Waals surface area contributed by atoms with Gasteiger partial charge in [0, 0.05) is 10.0 Å². The highest BCUT2D eigenvalue weighted by Crippen LogP contribution is 2.18. The molecule has 0 spiro atoms. The van der Waals surface area contributed by atoms with Crippen LogP contribution in [0.15, 0.2) is 53.0 Å². The first-order chi connectivity index (χ1) is 11.0. The van der Waals surface area contributed by atoms with Crippen LogP contribution in [0, 0.1) is 6.92 Å². The van der Waals surface area contributed by atoms with Gasteiger partial charge >= 0.3 is 0 Å². The number of hydrazine groups is 1. The third-order valence-corrected chi connectivity index (χ3v) is 3.55. The number of aryl methyl sites for hydroxylation is 1. The molecule has 0 aliphatic carbocycles. The lowest BCUT2D eigenvalue weighted by molar-refractivity contribution is -0.128. The molecule has 5 nitrogen and oxygen atoms in total. The van der Waals surface area contributed by atoms with E-state index in [1.165, 1.54) is 0 Å². The van der Waals surface area contributed by atoms with Crippen LogP contribution in [0.5, 0.6) is 5.75 Å². The smallest absolute Gasteiger partial charge is 0.279 e. The van der Waals surface area contributed by atoms with Crippen molar-refractivity contribution in [1.29, 1.82) is 0 Å². The van der Waals surface area contributed by atoms with Crippen LogP contribution in [0.2, 0.25) is 0 Å². The maximum Gasteiger partial charge on any atom is 0.279 e. The van der Waals surface area contributed by atoms with Crippen molar-refractivity contribution in [1.82, 2.24) is 10.9 Å². The molecule has 0 saturated heterocycles. The van der Waals surface area contributed by atoms with E-state index in [0.29, 0.717) is 11.3 Å². The van der Waals surface area contributed by atoms with Crippen molar-refractivity contribution < 1.29 is 14.3 Å². The maximum absolute atomic E-state index is 12.0. The van der Waals surface area contributed by atoms with Gasteiger partial charge in [0.25, 0.3) is 11.8 Å². The Kier molecular flexibility index (Phi) is 5.76. The van der Waals surface area contributed by atoms with Gasteiger partial charge in [0.2, 0.25) is 0 Å². The van der Waals surface area contributed by atoms with E-state index < -0.39 is 12.0 Å². The highest BCUT2D eigenvalue weighted by Gasteiger charge is 2.16. The number of nitrogens with one attached hydrogen (secondary N) is 2. The SMILES string of the molecule is Cc1cccc(C(=O)NNC(=O)[C@@H](C)Oc2cccc(Br)c2)c1. The number of rotatable bonds is 4. The number of ether oxygens (including phenoxy) is 1. The molecule has 0 saturated carbocycles. The van der Waals surface area contributed by atoms with Gasteiger partial charge in [-0.25, -0.2) is 0 Å². The van der Waals surface area contributed by atoms with Crippen molar-refractivity contribution in [2.45, 2.75) is 20.0 Å². The minimum atomic E-state index is -0.748. The van der Waals surface area contributed by atoms with Crippen LogP contribution < -0.4 is 15.6 Å². The van der Waals surface area contributed by atoms with E-state index in [1.807, 2.05) is 25.1 Å². The monoisotopic (exact) mass is 376 g/mol. The van der Waals surface area contributed by atoms with Crippen molar-refractivity contribution in [2.75, 3.05) is 0 Å². The molecule has 0 unspecified atom stereocenters. The third-order valence-electron chi connectivity index (χ3n) is 3.06. The molecule has 2 aromatic rings. The van der Waals surface area contributed by atoms with Crippen LogP contribution in [-0.4, -0.2) is 17.9 Å². The summed E-state index contributed by atoms with van der Waals surface area (Å²) < 4.78 is 6.38. The molecule has 2 aromatic carbocycles. The zero-order chi connectivity index (χ0) is 16.8. The van der Waals surface area contributed by atoms with Crippen LogP contribution in [0.3, 0.4) is 0 Å². The van der Waals surface area contributed by atoms with Crippen molar-refractivity contribution in [2.24, 2.45) is 0 Å². The molecule has 0 aromatic heterocycles. The molecule has 0 aliphatic rings. The zero-order valence-corrected chi connectivity index (χ0v) is 14.4. The Morgan fingerprint density at radius 3 is 2.52 bits per heavy atom. The van der Waals surface area contributed by atoms with E-state index in [-0.39, 0.29) is 5.91 Å². The normalized spacial score (nSPS) is 11.4. The molecule has 6 heteroatoms. The molecule has 2 amide bonds. The Morgan fingerprint density at radius 2 is 1.83 bits per heavy atom. The van der Waals surface area contributed by atoms with Crippen molar-refractivity contribution in [3.05, 3.63) is 64.1 Å². The standard InChI is InChI=1S/C17H17BrN2O3/c1-11-5-3-6-13(9-11)17(22)20-19-16(21)12(2)23-15-8-4-7-14(18)10-15/h3-10,12H,1-2H3,(H,19,21)(H,20,22)/t12-/m1/s1. The number of benzene rings is 2. The molecular formula is C17H17BrN2O3. The second-order valence-electron chi connectivity index (χ2n) is 5.03. The van der Waals surface area contributed by atoms with E-state index >= 15 is 0 Å². The Balaban J connectivity index is 1.87. The molecule has 2 rings (SSSR count). The number of carbonyl (C=O) groups is 2. The first-order valence-corrected chi connectivity index (χ1v) is 7.84. The van der Waals surface area contributed by atoms with Gasteiger partial charge < -0.3 is 4.74 Å². The summed E-state index contributed by atoms with van der Waals surface area (Å²) >= 11 is 3.33. The summed E-state index contributed by atoms with van der Waals surface area (Å²) in [7, 11) is 0. The Hall–Kier alpha value is -2.34. The molecule has 0 fully saturated rings. The van der Waals surface area contributed by atoms with E-state index in [9.17, 15) is 9.59 Å². The van der Waals surface area contributed by atoms with Crippen LogP contribution in [-0.2, 0) is 4.79 Å². The highest BCUT2D eigenvalue weighted by molar-refractivity contribution is 9.10. The van der Waals surface area contributed by atoms with Gasteiger partial charge in [-0.3, -0.25) is 20.4 Å². The average Bonchev–Trinajstić information content (AvgIpc) is 2.52. The molecular weight excluding hydrogens is 360 g/mol. The molecule has 0 bridgehead atoms. The Bertz CT molecular complexity index is 718. The summed E-state index contributed by atoms with van der Waals surface area (Å²) in [5.41, 5.74) is 6.18. The summed E-state index contributed by atoms with van der Waals surface area (Å²) in [4.78, 5) is 23.9. The third kappa shape index (κ3) is 5.10. The van der Waals surface area contributed by atoms with Gasteiger partial charge in [-0.15, -0.1) is 0 Å². The minimum Gasteiger partial charge on any atom is -0.481 e. The van der Waals surface area contributed by atoms with E-state index in [2.05, 4.69) is 26.8 Å². The van der Waals surface area contributed by atoms with Gasteiger partial charge in [0.1, 0.15) is 5.75 Å². The summed E-state index contributed by atoms with van der Waals surface area (Å²) in [6, 6.07) is 14.3. The van der Waals surface area contributed by atoms with Gasteiger partial charge in [-0.2, -0.15) is 0 Å². The number of hydrogen-bond donors (Lipinski definition) is 2. The number of hydrogen-bond acceptors (Lipinski definition) is 3. The van der Waals surface area contributed by atoms with Crippen LogP contribution >= 0.6 is 15.9 Å². The van der Waals surface area contributed by atoms with Crippen molar-refractivity contribution >= 4 is 27.7 Å². The average molecular weight is 377 g/mol.